The summed E-state index contributed by atoms with van der Waals surface area (Å²) < 4.78 is 2.05. The van der Waals surface area contributed by atoms with E-state index in [9.17, 15) is 0 Å². The van der Waals surface area contributed by atoms with E-state index in [2.05, 4.69) is 35.8 Å². The quantitative estimate of drug-likeness (QED) is 0.764. The summed E-state index contributed by atoms with van der Waals surface area (Å²) in [6.07, 6.45) is 2.82. The Morgan fingerprint density at radius 3 is 2.56 bits per heavy atom. The predicted octanol–water partition coefficient (Wildman–Crippen LogP) is 2.95. The van der Waals surface area contributed by atoms with Gasteiger partial charge in [0.05, 0.1) is 17.2 Å². The third-order valence-electron chi connectivity index (χ3n) is 2.89. The van der Waals surface area contributed by atoms with Gasteiger partial charge in [0.15, 0.2) is 0 Å². The topological polar surface area (TPSA) is 41.6 Å². The molecule has 0 saturated carbocycles. The number of rotatable bonds is 5. The van der Waals surface area contributed by atoms with Crippen LogP contribution in [0.4, 0.5) is 0 Å². The molecule has 0 bridgehead atoms. The van der Waals surface area contributed by atoms with Crippen LogP contribution in [0.3, 0.4) is 0 Å². The predicted molar refractivity (Wildman–Crippen MR) is 65.0 cm³/mol. The molecule has 1 rings (SSSR count). The van der Waals surface area contributed by atoms with Gasteiger partial charge in [-0.25, -0.2) is 0 Å². The number of nitrogens with zero attached hydrogens (tertiary/aromatic N) is 3. The van der Waals surface area contributed by atoms with E-state index >= 15 is 0 Å². The third-order valence-corrected chi connectivity index (χ3v) is 2.89. The van der Waals surface area contributed by atoms with Crippen molar-refractivity contribution in [3.63, 3.8) is 0 Å². The summed E-state index contributed by atoms with van der Waals surface area (Å²) in [5.74, 6) is 0. The van der Waals surface area contributed by atoms with Crippen LogP contribution in [0.5, 0.6) is 0 Å². The van der Waals surface area contributed by atoms with Gasteiger partial charge in [0.2, 0.25) is 0 Å². The van der Waals surface area contributed by atoms with Gasteiger partial charge >= 0.3 is 0 Å². The van der Waals surface area contributed by atoms with Gasteiger partial charge in [0, 0.05) is 12.2 Å². The largest absolute Gasteiger partial charge is 0.269 e. The van der Waals surface area contributed by atoms with Crippen molar-refractivity contribution in [2.75, 3.05) is 0 Å². The number of aromatic nitrogens is 2. The van der Waals surface area contributed by atoms with Crippen molar-refractivity contribution in [3.8, 4) is 6.07 Å². The van der Waals surface area contributed by atoms with Gasteiger partial charge in [-0.2, -0.15) is 10.4 Å². The highest BCUT2D eigenvalue weighted by Gasteiger charge is 2.17. The molecular formula is C13H21N3. The third kappa shape index (κ3) is 3.10. The van der Waals surface area contributed by atoms with E-state index in [0.717, 1.165) is 31.5 Å². The standard InChI is InChI=1S/C13H21N3/c1-5-11-9-12(6-2)16(15-11)8-7-13(3,4)10-14/h9H,5-8H2,1-4H3. The average Bonchev–Trinajstić information content (AvgIpc) is 2.69. The number of nitriles is 1. The molecule has 88 valence electrons. The highest BCUT2D eigenvalue weighted by molar-refractivity contribution is 5.10. The molecular weight excluding hydrogens is 198 g/mol. The molecule has 0 spiro atoms. The van der Waals surface area contributed by atoms with E-state index in [1.165, 1.54) is 5.69 Å². The van der Waals surface area contributed by atoms with E-state index < -0.39 is 0 Å². The minimum Gasteiger partial charge on any atom is -0.269 e. The zero-order chi connectivity index (χ0) is 12.2. The van der Waals surface area contributed by atoms with Crippen LogP contribution in [0.1, 0.15) is 45.5 Å². The molecule has 1 aromatic rings. The molecule has 0 saturated heterocycles. The van der Waals surface area contributed by atoms with Crippen LogP contribution in [-0.2, 0) is 19.4 Å². The van der Waals surface area contributed by atoms with Crippen molar-refractivity contribution in [2.45, 2.75) is 53.5 Å². The second-order valence-corrected chi connectivity index (χ2v) is 4.80. The van der Waals surface area contributed by atoms with Crippen LogP contribution < -0.4 is 0 Å². The Bertz CT molecular complexity index is 382. The van der Waals surface area contributed by atoms with Crippen molar-refractivity contribution in [3.05, 3.63) is 17.5 Å². The number of aryl methyl sites for hydroxylation is 3. The highest BCUT2D eigenvalue weighted by atomic mass is 15.3. The van der Waals surface area contributed by atoms with Crippen molar-refractivity contribution in [2.24, 2.45) is 5.41 Å². The van der Waals surface area contributed by atoms with Crippen LogP contribution >= 0.6 is 0 Å². The van der Waals surface area contributed by atoms with Crippen molar-refractivity contribution >= 4 is 0 Å². The molecule has 0 unspecified atom stereocenters. The molecule has 0 N–H and O–H groups in total. The fraction of sp³-hybridized carbons (Fsp3) is 0.692. The molecule has 1 aromatic heterocycles. The molecule has 0 radical (unpaired) electrons. The van der Waals surface area contributed by atoms with Gasteiger partial charge in [-0.1, -0.05) is 13.8 Å². The Kier molecular flexibility index (Phi) is 4.12. The van der Waals surface area contributed by atoms with Crippen LogP contribution in [0.15, 0.2) is 6.07 Å². The Morgan fingerprint density at radius 1 is 1.38 bits per heavy atom. The Morgan fingerprint density at radius 2 is 2.06 bits per heavy atom. The Balaban J connectivity index is 2.74. The molecule has 0 aliphatic rings. The first kappa shape index (κ1) is 12.8. The molecule has 0 atom stereocenters. The van der Waals surface area contributed by atoms with Gasteiger partial charge < -0.3 is 0 Å². The number of hydrogen-bond donors (Lipinski definition) is 0. The summed E-state index contributed by atoms with van der Waals surface area (Å²) in [5.41, 5.74) is 2.15. The Hall–Kier alpha value is -1.30. The molecule has 1 heterocycles. The molecule has 16 heavy (non-hydrogen) atoms. The average molecular weight is 219 g/mol. The smallest absolute Gasteiger partial charge is 0.0684 e. The van der Waals surface area contributed by atoms with Crippen molar-refractivity contribution < 1.29 is 0 Å². The summed E-state index contributed by atoms with van der Waals surface area (Å²) in [6.45, 7) is 9.04. The number of hydrogen-bond acceptors (Lipinski definition) is 2. The summed E-state index contributed by atoms with van der Waals surface area (Å²) in [7, 11) is 0. The summed E-state index contributed by atoms with van der Waals surface area (Å²) in [6, 6.07) is 4.49. The SMILES string of the molecule is CCc1cc(CC)n(CCC(C)(C)C#N)n1. The molecule has 0 aliphatic carbocycles. The zero-order valence-electron chi connectivity index (χ0n) is 10.7. The normalized spacial score (nSPS) is 11.4. The van der Waals surface area contributed by atoms with E-state index in [1.807, 2.05) is 13.8 Å². The van der Waals surface area contributed by atoms with Crippen LogP contribution in [-0.4, -0.2) is 9.78 Å². The van der Waals surface area contributed by atoms with Crippen LogP contribution in [0.2, 0.25) is 0 Å². The van der Waals surface area contributed by atoms with Crippen LogP contribution in [0, 0.1) is 16.7 Å². The lowest BCUT2D eigenvalue weighted by molar-refractivity contribution is 0.393. The van der Waals surface area contributed by atoms with E-state index in [4.69, 9.17) is 5.26 Å². The molecule has 0 fully saturated rings. The van der Waals surface area contributed by atoms with Gasteiger partial charge in [0.1, 0.15) is 0 Å². The maximum atomic E-state index is 8.97. The minimum atomic E-state index is -0.261. The summed E-state index contributed by atoms with van der Waals surface area (Å²) >= 11 is 0. The van der Waals surface area contributed by atoms with E-state index in [0.29, 0.717) is 0 Å². The first-order valence-electron chi connectivity index (χ1n) is 5.99. The maximum Gasteiger partial charge on any atom is 0.0684 e. The monoisotopic (exact) mass is 219 g/mol. The van der Waals surface area contributed by atoms with E-state index in [-0.39, 0.29) is 5.41 Å². The molecule has 0 amide bonds. The van der Waals surface area contributed by atoms with Crippen molar-refractivity contribution in [1.82, 2.24) is 9.78 Å². The van der Waals surface area contributed by atoms with Gasteiger partial charge in [0.25, 0.3) is 0 Å². The maximum absolute atomic E-state index is 8.97. The Labute approximate surface area is 98.1 Å². The lowest BCUT2D eigenvalue weighted by atomic mass is 9.91. The summed E-state index contributed by atoms with van der Waals surface area (Å²) in [4.78, 5) is 0. The second-order valence-electron chi connectivity index (χ2n) is 4.80. The van der Waals surface area contributed by atoms with Crippen LogP contribution in [0.25, 0.3) is 0 Å². The summed E-state index contributed by atoms with van der Waals surface area (Å²) in [5, 5.41) is 13.5. The van der Waals surface area contributed by atoms with Gasteiger partial charge in [-0.15, -0.1) is 0 Å². The zero-order valence-corrected chi connectivity index (χ0v) is 10.7. The second kappa shape index (κ2) is 5.16. The highest BCUT2D eigenvalue weighted by Crippen LogP contribution is 2.20. The van der Waals surface area contributed by atoms with Gasteiger partial charge in [-0.05, 0) is 39.2 Å². The van der Waals surface area contributed by atoms with Crippen molar-refractivity contribution in [1.29, 1.82) is 5.26 Å². The minimum absolute atomic E-state index is 0.261. The molecule has 0 aromatic carbocycles. The van der Waals surface area contributed by atoms with Gasteiger partial charge in [-0.3, -0.25) is 4.68 Å². The first-order valence-corrected chi connectivity index (χ1v) is 5.99. The molecule has 3 nitrogen and oxygen atoms in total. The van der Waals surface area contributed by atoms with E-state index in [1.54, 1.807) is 0 Å². The fourth-order valence-corrected chi connectivity index (χ4v) is 1.61. The molecule has 3 heteroatoms. The lowest BCUT2D eigenvalue weighted by Crippen LogP contribution is -2.14. The fourth-order valence-electron chi connectivity index (χ4n) is 1.61. The lowest BCUT2D eigenvalue weighted by Gasteiger charge is -2.15. The molecule has 0 aliphatic heterocycles. The first-order chi connectivity index (χ1) is 7.52.